The van der Waals surface area contributed by atoms with Gasteiger partial charge >= 0.3 is 0 Å². The van der Waals surface area contributed by atoms with E-state index in [-0.39, 0.29) is 0 Å². The van der Waals surface area contributed by atoms with Gasteiger partial charge in [0.25, 0.3) is 0 Å². The Morgan fingerprint density at radius 3 is 2.53 bits per heavy atom. The highest BCUT2D eigenvalue weighted by Gasteiger charge is 2.19. The van der Waals surface area contributed by atoms with E-state index in [9.17, 15) is 0 Å². The summed E-state index contributed by atoms with van der Waals surface area (Å²) in [4.78, 5) is 0. The van der Waals surface area contributed by atoms with Gasteiger partial charge in [0, 0.05) is 23.6 Å². The largest absolute Gasteiger partial charge is 0.306 e. The molecule has 1 saturated heterocycles. The van der Waals surface area contributed by atoms with Crippen LogP contribution in [-0.2, 0) is 6.42 Å². The zero-order valence-electron chi connectivity index (χ0n) is 11.1. The molecule has 0 saturated carbocycles. The van der Waals surface area contributed by atoms with Gasteiger partial charge in [-0.05, 0) is 30.4 Å². The molecular weight excluding hydrogens is 226 g/mol. The highest BCUT2D eigenvalue weighted by Crippen LogP contribution is 2.24. The van der Waals surface area contributed by atoms with Crippen LogP contribution in [-0.4, -0.2) is 17.5 Å². The highest BCUT2D eigenvalue weighted by molar-refractivity contribution is 7.99. The van der Waals surface area contributed by atoms with Crippen LogP contribution in [0.15, 0.2) is 24.3 Å². The molecule has 0 spiro atoms. The minimum atomic E-state index is 0.539. The Morgan fingerprint density at radius 1 is 1.24 bits per heavy atom. The molecule has 1 aromatic carbocycles. The van der Waals surface area contributed by atoms with Crippen molar-refractivity contribution in [3.8, 4) is 0 Å². The van der Waals surface area contributed by atoms with Crippen molar-refractivity contribution >= 4 is 11.8 Å². The topological polar surface area (TPSA) is 12.0 Å². The third kappa shape index (κ3) is 3.75. The van der Waals surface area contributed by atoms with Gasteiger partial charge < -0.3 is 5.32 Å². The summed E-state index contributed by atoms with van der Waals surface area (Å²) in [6.07, 6.45) is 1.18. The van der Waals surface area contributed by atoms with Crippen molar-refractivity contribution in [3.63, 3.8) is 0 Å². The van der Waals surface area contributed by atoms with Crippen LogP contribution in [0.25, 0.3) is 0 Å². The number of hydrogen-bond acceptors (Lipinski definition) is 2. The van der Waals surface area contributed by atoms with Gasteiger partial charge in [0.05, 0.1) is 0 Å². The molecular formula is C15H23NS. The third-order valence-corrected chi connectivity index (χ3v) is 4.47. The minimum absolute atomic E-state index is 0.539. The van der Waals surface area contributed by atoms with Gasteiger partial charge in [-0.3, -0.25) is 0 Å². The summed E-state index contributed by atoms with van der Waals surface area (Å²) in [6, 6.07) is 10.4. The predicted octanol–water partition coefficient (Wildman–Crippen LogP) is 3.65. The molecule has 94 valence electrons. The van der Waals surface area contributed by atoms with Crippen LogP contribution < -0.4 is 5.32 Å². The first kappa shape index (κ1) is 13.0. The second-order valence-corrected chi connectivity index (χ2v) is 6.57. The average molecular weight is 249 g/mol. The maximum atomic E-state index is 3.67. The lowest BCUT2D eigenvalue weighted by Gasteiger charge is -2.28. The Morgan fingerprint density at radius 2 is 1.94 bits per heavy atom. The first-order valence-electron chi connectivity index (χ1n) is 6.58. The molecule has 2 heteroatoms. The van der Waals surface area contributed by atoms with Crippen LogP contribution in [0, 0.1) is 5.92 Å². The maximum Gasteiger partial charge on any atom is 0.0414 e. The predicted molar refractivity (Wildman–Crippen MR) is 77.6 cm³/mol. The Kier molecular flexibility index (Phi) is 4.52. The monoisotopic (exact) mass is 249 g/mol. The van der Waals surface area contributed by atoms with Gasteiger partial charge in [0.1, 0.15) is 0 Å². The van der Waals surface area contributed by atoms with E-state index in [4.69, 9.17) is 0 Å². The highest BCUT2D eigenvalue weighted by atomic mass is 32.2. The fourth-order valence-electron chi connectivity index (χ4n) is 2.35. The minimum Gasteiger partial charge on any atom is -0.306 e. The van der Waals surface area contributed by atoms with Crippen LogP contribution >= 0.6 is 11.8 Å². The summed E-state index contributed by atoms with van der Waals surface area (Å²) in [5.74, 6) is 3.18. The van der Waals surface area contributed by atoms with Crippen molar-refractivity contribution in [2.45, 2.75) is 39.3 Å². The molecule has 0 aromatic heterocycles. The van der Waals surface area contributed by atoms with E-state index in [1.54, 1.807) is 0 Å². The maximum absolute atomic E-state index is 3.67. The molecule has 1 fully saturated rings. The first-order valence-corrected chi connectivity index (χ1v) is 7.73. The summed E-state index contributed by atoms with van der Waals surface area (Å²) in [5.41, 5.74) is 2.90. The standard InChI is InChI=1S/C15H23NS/c1-11(2)8-13-4-6-14(7-5-13)15-10-17-9-12(3)16-15/h4-7,11-12,15-16H,8-10H2,1-3H3. The lowest BCUT2D eigenvalue weighted by Crippen LogP contribution is -2.37. The number of thioether (sulfide) groups is 1. The Balaban J connectivity index is 2.01. The molecule has 1 aliphatic heterocycles. The molecule has 2 rings (SSSR count). The van der Waals surface area contributed by atoms with E-state index >= 15 is 0 Å². The Bertz CT molecular complexity index is 344. The van der Waals surface area contributed by atoms with Gasteiger partial charge in [-0.25, -0.2) is 0 Å². The fraction of sp³-hybridized carbons (Fsp3) is 0.600. The van der Waals surface area contributed by atoms with Crippen molar-refractivity contribution < 1.29 is 0 Å². The lowest BCUT2D eigenvalue weighted by molar-refractivity contribution is 0.502. The van der Waals surface area contributed by atoms with Crippen LogP contribution in [0.1, 0.15) is 37.9 Å². The van der Waals surface area contributed by atoms with Gasteiger partial charge in [-0.15, -0.1) is 0 Å². The van der Waals surface area contributed by atoms with Gasteiger partial charge in [-0.1, -0.05) is 38.1 Å². The fourth-order valence-corrected chi connectivity index (χ4v) is 3.46. The second kappa shape index (κ2) is 5.92. The Hall–Kier alpha value is -0.470. The Labute approximate surface area is 109 Å². The molecule has 2 unspecified atom stereocenters. The van der Waals surface area contributed by atoms with Crippen LogP contribution in [0.2, 0.25) is 0 Å². The van der Waals surface area contributed by atoms with Crippen LogP contribution in [0.3, 0.4) is 0 Å². The number of benzene rings is 1. The third-order valence-electron chi connectivity index (χ3n) is 3.16. The molecule has 1 nitrogen and oxygen atoms in total. The average Bonchev–Trinajstić information content (AvgIpc) is 2.29. The van der Waals surface area contributed by atoms with E-state index in [1.165, 1.54) is 29.1 Å². The van der Waals surface area contributed by atoms with E-state index in [0.29, 0.717) is 12.1 Å². The van der Waals surface area contributed by atoms with Crippen LogP contribution in [0.4, 0.5) is 0 Å². The molecule has 1 aliphatic rings. The molecule has 1 heterocycles. The molecule has 17 heavy (non-hydrogen) atoms. The molecule has 1 N–H and O–H groups in total. The smallest absolute Gasteiger partial charge is 0.0414 e. The summed E-state index contributed by atoms with van der Waals surface area (Å²) in [6.45, 7) is 6.82. The van der Waals surface area contributed by atoms with Crippen molar-refractivity contribution in [2.75, 3.05) is 11.5 Å². The van der Waals surface area contributed by atoms with Gasteiger partial charge in [-0.2, -0.15) is 11.8 Å². The molecule has 1 aromatic rings. The van der Waals surface area contributed by atoms with Gasteiger partial charge in [0.15, 0.2) is 0 Å². The SMILES string of the molecule is CC(C)Cc1ccc(C2CSCC(C)N2)cc1. The van der Waals surface area contributed by atoms with Crippen molar-refractivity contribution in [1.82, 2.24) is 5.32 Å². The quantitative estimate of drug-likeness (QED) is 0.877. The number of hydrogen-bond donors (Lipinski definition) is 1. The van der Waals surface area contributed by atoms with E-state index in [1.807, 2.05) is 0 Å². The molecule has 0 amide bonds. The second-order valence-electron chi connectivity index (χ2n) is 5.50. The molecule has 0 bridgehead atoms. The summed E-state index contributed by atoms with van der Waals surface area (Å²) < 4.78 is 0. The molecule has 2 atom stereocenters. The zero-order chi connectivity index (χ0) is 12.3. The van der Waals surface area contributed by atoms with Gasteiger partial charge in [0.2, 0.25) is 0 Å². The van der Waals surface area contributed by atoms with Crippen LogP contribution in [0.5, 0.6) is 0 Å². The first-order chi connectivity index (χ1) is 8.15. The number of rotatable bonds is 3. The van der Waals surface area contributed by atoms with Crippen molar-refractivity contribution in [3.05, 3.63) is 35.4 Å². The lowest BCUT2D eigenvalue weighted by atomic mass is 9.99. The van der Waals surface area contributed by atoms with Crippen molar-refractivity contribution in [1.29, 1.82) is 0 Å². The normalized spacial score (nSPS) is 25.2. The molecule has 0 radical (unpaired) electrons. The summed E-state index contributed by atoms with van der Waals surface area (Å²) >= 11 is 2.06. The van der Waals surface area contributed by atoms with E-state index in [0.717, 1.165) is 5.92 Å². The van der Waals surface area contributed by atoms with E-state index in [2.05, 4.69) is 62.1 Å². The van der Waals surface area contributed by atoms with Crippen molar-refractivity contribution in [2.24, 2.45) is 5.92 Å². The summed E-state index contributed by atoms with van der Waals surface area (Å²) in [7, 11) is 0. The summed E-state index contributed by atoms with van der Waals surface area (Å²) in [5, 5.41) is 3.67. The number of nitrogens with one attached hydrogen (secondary N) is 1. The molecule has 0 aliphatic carbocycles. The zero-order valence-corrected chi connectivity index (χ0v) is 11.9. The van der Waals surface area contributed by atoms with E-state index < -0.39 is 0 Å².